The first kappa shape index (κ1) is 43.7. The first-order chi connectivity index (χ1) is 25.3. The van der Waals surface area contributed by atoms with Gasteiger partial charge in [-0.25, -0.2) is 17.7 Å². The predicted molar refractivity (Wildman–Crippen MR) is 202 cm³/mol. The number of amides is 4. The number of likely N-dealkylation sites (tertiary alicyclic amines) is 2. The summed E-state index contributed by atoms with van der Waals surface area (Å²) >= 11 is 0. The van der Waals surface area contributed by atoms with Crippen LogP contribution in [0.25, 0.3) is 0 Å². The van der Waals surface area contributed by atoms with Gasteiger partial charge in [-0.05, 0) is 37.7 Å². The summed E-state index contributed by atoms with van der Waals surface area (Å²) in [5.41, 5.74) is 6.69. The number of nitrogens with one attached hydrogen (secondary N) is 2. The van der Waals surface area contributed by atoms with Crippen LogP contribution in [-0.4, -0.2) is 104 Å². The molecule has 2 fully saturated rings. The Bertz CT molecular complexity index is 1510. The van der Waals surface area contributed by atoms with Crippen molar-refractivity contribution in [3.63, 3.8) is 0 Å². The SMILES string of the molecule is CCCCCC(=O)N=C(NC(=O)CCCOC(=O)CCCCC)N1CCC(C[N+]2(C(=O)[C@@H](Cc3ccccc3)NS(C)(=O)=O)CCC[C@H]2C(N)=O)CC1. The molecule has 4 N–H and O–H groups in total. The number of ether oxygens (including phenoxy) is 1. The Balaban J connectivity index is 1.73. The van der Waals surface area contributed by atoms with Crippen LogP contribution in [0.2, 0.25) is 0 Å². The maximum Gasteiger partial charge on any atom is 0.332 e. The molecule has 2 saturated heterocycles. The first-order valence-corrected chi connectivity index (χ1v) is 21.2. The Kier molecular flexibility index (Phi) is 18.0. The van der Waals surface area contributed by atoms with Gasteiger partial charge in [-0.15, -0.1) is 0 Å². The molecule has 3 atom stereocenters. The van der Waals surface area contributed by atoms with Gasteiger partial charge in [0, 0.05) is 57.5 Å². The number of sulfonamides is 1. The number of benzene rings is 1. The van der Waals surface area contributed by atoms with Crippen LogP contribution < -0.4 is 15.8 Å². The average molecular weight is 762 g/mol. The number of hydrogen-bond acceptors (Lipinski definition) is 8. The number of piperidine rings is 1. The summed E-state index contributed by atoms with van der Waals surface area (Å²) < 4.78 is 32.5. The fourth-order valence-electron chi connectivity index (χ4n) is 7.39. The van der Waals surface area contributed by atoms with Gasteiger partial charge in [-0.2, -0.15) is 9.71 Å². The average Bonchev–Trinajstić information content (AvgIpc) is 3.54. The largest absolute Gasteiger partial charge is 0.466 e. The standard InChI is InChI=1S/C38H60N6O8S/c1-4-6-9-18-33(45)40-38(41-34(46)19-14-26-52-35(47)20-10-7-5-2)43-23-21-30(22-24-43)28-44(25-13-17-32(44)36(39)48)37(49)31(42-53(3,50)51)27-29-15-11-8-12-16-29/h8,11-12,15-16,30-32,42H,4-7,9-10,13-14,17-28H2,1-3H3,(H2-,39,40,41,45,46,48)/p+1/t31-,32+,44?/m1/s1. The second kappa shape index (κ2) is 21.9. The molecule has 0 radical (unpaired) electrons. The van der Waals surface area contributed by atoms with Crippen LogP contribution in [0.4, 0.5) is 0 Å². The van der Waals surface area contributed by atoms with Gasteiger partial charge in [-0.3, -0.25) is 24.5 Å². The molecule has 2 heterocycles. The Morgan fingerprint density at radius 3 is 2.23 bits per heavy atom. The molecule has 0 saturated carbocycles. The lowest BCUT2D eigenvalue weighted by Crippen LogP contribution is -2.67. The number of carbonyl (C=O) groups excluding carboxylic acids is 5. The van der Waals surface area contributed by atoms with E-state index in [2.05, 4.69) is 22.0 Å². The van der Waals surface area contributed by atoms with Crippen molar-refractivity contribution in [2.24, 2.45) is 16.6 Å². The van der Waals surface area contributed by atoms with E-state index in [4.69, 9.17) is 10.5 Å². The number of primary amides is 1. The molecule has 3 rings (SSSR count). The van der Waals surface area contributed by atoms with E-state index in [1.165, 1.54) is 0 Å². The smallest absolute Gasteiger partial charge is 0.332 e. The molecule has 53 heavy (non-hydrogen) atoms. The van der Waals surface area contributed by atoms with Crippen molar-refractivity contribution in [3.8, 4) is 0 Å². The van der Waals surface area contributed by atoms with Crippen molar-refractivity contribution >= 4 is 45.6 Å². The number of hydrogen-bond donors (Lipinski definition) is 3. The quantitative estimate of drug-likeness (QED) is 0.0588. The van der Waals surface area contributed by atoms with Crippen molar-refractivity contribution in [3.05, 3.63) is 35.9 Å². The second-order valence-corrected chi connectivity index (χ2v) is 16.3. The number of nitrogens with two attached hydrogens (primary N) is 1. The van der Waals surface area contributed by atoms with Crippen LogP contribution in [0.5, 0.6) is 0 Å². The van der Waals surface area contributed by atoms with Gasteiger partial charge >= 0.3 is 11.9 Å². The molecule has 4 amide bonds. The van der Waals surface area contributed by atoms with Gasteiger partial charge < -0.3 is 15.4 Å². The highest BCUT2D eigenvalue weighted by Crippen LogP contribution is 2.33. The number of nitrogens with zero attached hydrogens (tertiary/aromatic N) is 3. The van der Waals surface area contributed by atoms with Gasteiger partial charge in [0.1, 0.15) is 6.04 Å². The van der Waals surface area contributed by atoms with Crippen LogP contribution in [0.15, 0.2) is 35.3 Å². The van der Waals surface area contributed by atoms with Crippen LogP contribution >= 0.6 is 0 Å². The van der Waals surface area contributed by atoms with E-state index in [0.29, 0.717) is 71.1 Å². The minimum Gasteiger partial charge on any atom is -0.466 e. The maximum absolute atomic E-state index is 14.6. The van der Waals surface area contributed by atoms with E-state index in [-0.39, 0.29) is 65.9 Å². The third kappa shape index (κ3) is 14.6. The fourth-order valence-corrected chi connectivity index (χ4v) is 8.09. The molecule has 0 aliphatic carbocycles. The Labute approximate surface area is 315 Å². The monoisotopic (exact) mass is 761 g/mol. The number of unbranched alkanes of at least 4 members (excludes halogenated alkanes) is 4. The Morgan fingerprint density at radius 2 is 1.60 bits per heavy atom. The van der Waals surface area contributed by atoms with Crippen LogP contribution in [0, 0.1) is 5.92 Å². The normalized spacial score (nSPS) is 20.2. The number of esters is 1. The molecule has 2 aliphatic heterocycles. The van der Waals surface area contributed by atoms with Crippen LogP contribution in [0.3, 0.4) is 0 Å². The third-order valence-corrected chi connectivity index (χ3v) is 10.8. The van der Waals surface area contributed by atoms with E-state index in [1.54, 1.807) is 0 Å². The molecule has 296 valence electrons. The highest BCUT2D eigenvalue weighted by Gasteiger charge is 2.54. The minimum absolute atomic E-state index is 0.0324. The summed E-state index contributed by atoms with van der Waals surface area (Å²) in [5.74, 6) is -1.75. The van der Waals surface area contributed by atoms with Gasteiger partial charge in [0.25, 0.3) is 5.91 Å². The number of guanidine groups is 1. The van der Waals surface area contributed by atoms with Crippen molar-refractivity contribution in [2.45, 2.75) is 122 Å². The van der Waals surface area contributed by atoms with E-state index in [9.17, 15) is 32.4 Å². The molecule has 1 aromatic carbocycles. The molecule has 2 aliphatic rings. The summed E-state index contributed by atoms with van der Waals surface area (Å²) in [4.78, 5) is 71.4. The predicted octanol–water partition coefficient (Wildman–Crippen LogP) is 3.33. The number of aliphatic imine (C=N–C) groups is 1. The van der Waals surface area contributed by atoms with Gasteiger partial charge in [0.15, 0.2) is 6.04 Å². The van der Waals surface area contributed by atoms with Crippen molar-refractivity contribution in [1.29, 1.82) is 0 Å². The van der Waals surface area contributed by atoms with Crippen molar-refractivity contribution in [2.75, 3.05) is 39.0 Å². The molecule has 1 aromatic rings. The Morgan fingerprint density at radius 1 is 0.943 bits per heavy atom. The van der Waals surface area contributed by atoms with Crippen LogP contribution in [-0.2, 0) is 45.2 Å². The number of quaternary nitrogens is 1. The molecule has 1 unspecified atom stereocenters. The lowest BCUT2D eigenvalue weighted by atomic mass is 9.93. The van der Waals surface area contributed by atoms with E-state index < -0.39 is 28.0 Å². The molecule has 14 nitrogen and oxygen atoms in total. The number of rotatable bonds is 20. The minimum atomic E-state index is -3.78. The van der Waals surface area contributed by atoms with Crippen LogP contribution in [0.1, 0.15) is 109 Å². The molecule has 15 heteroatoms. The third-order valence-electron chi connectivity index (χ3n) is 10.1. The summed E-state index contributed by atoms with van der Waals surface area (Å²) in [6.07, 6.45) is 9.64. The lowest BCUT2D eigenvalue weighted by Gasteiger charge is -2.42. The Hall–Kier alpha value is -3.69. The lowest BCUT2D eigenvalue weighted by molar-refractivity contribution is -0.861. The van der Waals surface area contributed by atoms with Crippen molar-refractivity contribution < 1.29 is 41.6 Å². The highest BCUT2D eigenvalue weighted by atomic mass is 32.2. The summed E-state index contributed by atoms with van der Waals surface area (Å²) in [7, 11) is -3.78. The topological polar surface area (TPSA) is 194 Å². The number of carbonyl (C=O) groups is 5. The van der Waals surface area contributed by atoms with E-state index in [0.717, 1.165) is 43.9 Å². The maximum atomic E-state index is 14.6. The molecule has 0 spiro atoms. The van der Waals surface area contributed by atoms with Gasteiger partial charge in [-0.1, -0.05) is 69.9 Å². The summed E-state index contributed by atoms with van der Waals surface area (Å²) in [5, 5.41) is 2.82. The van der Waals surface area contributed by atoms with Gasteiger partial charge in [0.2, 0.25) is 27.8 Å². The zero-order valence-electron chi connectivity index (χ0n) is 31.9. The summed E-state index contributed by atoms with van der Waals surface area (Å²) in [6.45, 7) is 5.78. The molecular weight excluding hydrogens is 701 g/mol. The molecule has 0 aromatic heterocycles. The first-order valence-electron chi connectivity index (χ1n) is 19.3. The summed E-state index contributed by atoms with van der Waals surface area (Å²) in [6, 6.07) is 7.27. The zero-order valence-corrected chi connectivity index (χ0v) is 32.7. The molecule has 0 bridgehead atoms. The van der Waals surface area contributed by atoms with E-state index in [1.807, 2.05) is 42.2 Å². The highest BCUT2D eigenvalue weighted by molar-refractivity contribution is 7.88. The fraction of sp³-hybridized carbons (Fsp3) is 0.684. The molecular formula is C38H61N6O8S+. The zero-order chi connectivity index (χ0) is 38.9. The van der Waals surface area contributed by atoms with Crippen molar-refractivity contribution in [1.82, 2.24) is 14.9 Å². The van der Waals surface area contributed by atoms with Gasteiger partial charge in [0.05, 0.1) is 26.0 Å². The van der Waals surface area contributed by atoms with E-state index >= 15 is 0 Å². The second-order valence-electron chi connectivity index (χ2n) is 14.5.